The van der Waals surface area contributed by atoms with Crippen LogP contribution in [0.2, 0.25) is 0 Å². The van der Waals surface area contributed by atoms with Crippen molar-refractivity contribution in [2.24, 2.45) is 17.8 Å². The van der Waals surface area contributed by atoms with Gasteiger partial charge in [0.05, 0.1) is 0 Å². The maximum absolute atomic E-state index is 6.13. The van der Waals surface area contributed by atoms with Gasteiger partial charge in [-0.2, -0.15) is 0 Å². The third-order valence-electron chi connectivity index (χ3n) is 10.1. The molecule has 0 spiro atoms. The van der Waals surface area contributed by atoms with E-state index in [4.69, 9.17) is 20.9 Å². The van der Waals surface area contributed by atoms with E-state index >= 15 is 0 Å². The van der Waals surface area contributed by atoms with Gasteiger partial charge in [-0.15, -0.1) is 0 Å². The average Bonchev–Trinajstić information content (AvgIpc) is 3.04. The van der Waals surface area contributed by atoms with Gasteiger partial charge in [0.1, 0.15) is 23.0 Å². The Hall–Kier alpha value is -3.92. The van der Waals surface area contributed by atoms with Gasteiger partial charge in [0.15, 0.2) is 0 Å². The molecular formula is C38H44N2O2. The number of benzene rings is 4. The quantitative estimate of drug-likeness (QED) is 0.210. The number of hydrogen-bond donors (Lipinski definition) is 2. The van der Waals surface area contributed by atoms with Crippen molar-refractivity contribution in [3.63, 3.8) is 0 Å². The number of anilines is 2. The molecule has 42 heavy (non-hydrogen) atoms. The van der Waals surface area contributed by atoms with Gasteiger partial charge in [0.2, 0.25) is 0 Å². The number of nitrogens with two attached hydrogens (primary N) is 2. The molecule has 0 radical (unpaired) electrons. The zero-order valence-corrected chi connectivity index (χ0v) is 24.8. The first-order valence-corrected chi connectivity index (χ1v) is 15.8. The number of nitrogen functional groups attached to an aromatic ring is 2. The van der Waals surface area contributed by atoms with Crippen LogP contribution in [0, 0.1) is 17.8 Å². The van der Waals surface area contributed by atoms with Gasteiger partial charge in [0, 0.05) is 16.8 Å². The Labute approximate surface area is 251 Å². The molecule has 6 rings (SSSR count). The third kappa shape index (κ3) is 6.28. The van der Waals surface area contributed by atoms with E-state index in [1.165, 1.54) is 68.9 Å². The second-order valence-corrected chi connectivity index (χ2v) is 12.5. The van der Waals surface area contributed by atoms with E-state index in [0.29, 0.717) is 0 Å². The summed E-state index contributed by atoms with van der Waals surface area (Å²) in [5, 5.41) is 0. The van der Waals surface area contributed by atoms with E-state index in [1.807, 2.05) is 48.5 Å². The molecule has 2 aliphatic rings. The highest BCUT2D eigenvalue weighted by molar-refractivity contribution is 5.47. The molecule has 2 fully saturated rings. The Morgan fingerprint density at radius 2 is 0.881 bits per heavy atom. The van der Waals surface area contributed by atoms with Crippen molar-refractivity contribution >= 4 is 11.4 Å². The van der Waals surface area contributed by atoms with Gasteiger partial charge in [-0.1, -0.05) is 50.5 Å². The van der Waals surface area contributed by atoms with Crippen LogP contribution < -0.4 is 20.9 Å². The minimum Gasteiger partial charge on any atom is -0.457 e. The van der Waals surface area contributed by atoms with E-state index in [-0.39, 0.29) is 5.41 Å². The molecule has 0 aliphatic heterocycles. The summed E-state index contributed by atoms with van der Waals surface area (Å²) in [4.78, 5) is 0. The monoisotopic (exact) mass is 560 g/mol. The maximum Gasteiger partial charge on any atom is 0.127 e. The zero-order valence-electron chi connectivity index (χ0n) is 24.8. The van der Waals surface area contributed by atoms with E-state index in [0.717, 1.165) is 52.1 Å². The molecule has 2 aliphatic carbocycles. The predicted octanol–water partition coefficient (Wildman–Crippen LogP) is 10.1. The van der Waals surface area contributed by atoms with Gasteiger partial charge in [-0.05, 0) is 140 Å². The summed E-state index contributed by atoms with van der Waals surface area (Å²) in [5.74, 6) is 5.96. The first-order chi connectivity index (χ1) is 20.5. The van der Waals surface area contributed by atoms with Gasteiger partial charge >= 0.3 is 0 Å². The molecule has 4 heteroatoms. The minimum atomic E-state index is -0.0173. The summed E-state index contributed by atoms with van der Waals surface area (Å²) in [6, 6.07) is 32.7. The van der Waals surface area contributed by atoms with E-state index in [9.17, 15) is 0 Å². The first kappa shape index (κ1) is 28.2. The van der Waals surface area contributed by atoms with Crippen LogP contribution in [0.5, 0.6) is 23.0 Å². The summed E-state index contributed by atoms with van der Waals surface area (Å²) < 4.78 is 12.3. The molecule has 0 saturated heterocycles. The largest absolute Gasteiger partial charge is 0.457 e. The lowest BCUT2D eigenvalue weighted by Crippen LogP contribution is -2.35. The molecule has 4 nitrogen and oxygen atoms in total. The number of rotatable bonds is 8. The zero-order chi connectivity index (χ0) is 28.9. The Kier molecular flexibility index (Phi) is 8.41. The molecule has 4 N–H and O–H groups in total. The Morgan fingerprint density at radius 1 is 0.524 bits per heavy atom. The molecule has 0 atom stereocenters. The number of ether oxygens (including phenoxy) is 2. The van der Waals surface area contributed by atoms with Crippen molar-refractivity contribution in [2.45, 2.75) is 70.1 Å². The first-order valence-electron chi connectivity index (χ1n) is 15.8. The molecule has 218 valence electrons. The van der Waals surface area contributed by atoms with Crippen molar-refractivity contribution in [2.75, 3.05) is 11.5 Å². The fraction of sp³-hybridized carbons (Fsp3) is 0.368. The highest BCUT2D eigenvalue weighted by Gasteiger charge is 2.40. The molecule has 2 saturated carbocycles. The van der Waals surface area contributed by atoms with Gasteiger partial charge in [-0.3, -0.25) is 0 Å². The molecule has 0 aromatic heterocycles. The van der Waals surface area contributed by atoms with Gasteiger partial charge in [-0.25, -0.2) is 0 Å². The highest BCUT2D eigenvalue weighted by Crippen LogP contribution is 2.51. The lowest BCUT2D eigenvalue weighted by molar-refractivity contribution is 0.142. The lowest BCUT2D eigenvalue weighted by Gasteiger charge is -2.44. The fourth-order valence-electron chi connectivity index (χ4n) is 7.44. The van der Waals surface area contributed by atoms with Crippen molar-refractivity contribution in [3.8, 4) is 23.0 Å². The SMILES string of the molecule is CC[C@H]1CC[C@H](C2CCC(c3ccc(Oc4ccc(N)cc4)cc3)(c3ccc(Oc4ccc(N)cc4)cc3)CC2)CC1. The molecule has 0 amide bonds. The van der Waals surface area contributed by atoms with Crippen LogP contribution in [0.15, 0.2) is 97.1 Å². The van der Waals surface area contributed by atoms with E-state index < -0.39 is 0 Å². The topological polar surface area (TPSA) is 70.5 Å². The second kappa shape index (κ2) is 12.5. The van der Waals surface area contributed by atoms with Crippen LogP contribution in [-0.4, -0.2) is 0 Å². The minimum absolute atomic E-state index is 0.0173. The lowest BCUT2D eigenvalue weighted by atomic mass is 9.60. The standard InChI is InChI=1S/C38H44N2O2/c1-2-27-3-5-28(6-4-27)29-23-25-38(26-24-29,30-7-15-34(16-8-30)41-36-19-11-32(39)12-20-36)31-9-17-35(18-10-31)42-37-21-13-33(40)14-22-37/h7-22,27-29H,2-6,23-26,39-40H2,1H3/t27-,28-. The summed E-state index contributed by atoms with van der Waals surface area (Å²) in [6.07, 6.45) is 11.9. The Balaban J connectivity index is 1.23. The van der Waals surface area contributed by atoms with Crippen molar-refractivity contribution < 1.29 is 9.47 Å². The smallest absolute Gasteiger partial charge is 0.127 e. The third-order valence-corrected chi connectivity index (χ3v) is 10.1. The van der Waals surface area contributed by atoms with Crippen LogP contribution in [0.4, 0.5) is 11.4 Å². The second-order valence-electron chi connectivity index (χ2n) is 12.5. The van der Waals surface area contributed by atoms with Crippen molar-refractivity contribution in [1.82, 2.24) is 0 Å². The maximum atomic E-state index is 6.13. The molecule has 0 unspecified atom stereocenters. The van der Waals surface area contributed by atoms with E-state index in [1.54, 1.807) is 0 Å². The highest BCUT2D eigenvalue weighted by atomic mass is 16.5. The Bertz CT molecular complexity index is 1320. The normalized spacial score (nSPS) is 20.6. The molecule has 0 bridgehead atoms. The van der Waals surface area contributed by atoms with E-state index in [2.05, 4.69) is 55.5 Å². The van der Waals surface area contributed by atoms with Crippen LogP contribution in [0.25, 0.3) is 0 Å². The molecule has 0 heterocycles. The van der Waals surface area contributed by atoms with Gasteiger partial charge < -0.3 is 20.9 Å². The van der Waals surface area contributed by atoms with Crippen LogP contribution in [0.3, 0.4) is 0 Å². The molecule has 4 aromatic carbocycles. The summed E-state index contributed by atoms with van der Waals surface area (Å²) >= 11 is 0. The predicted molar refractivity (Wildman–Crippen MR) is 173 cm³/mol. The average molecular weight is 561 g/mol. The van der Waals surface area contributed by atoms with Crippen LogP contribution >= 0.6 is 0 Å². The van der Waals surface area contributed by atoms with Crippen molar-refractivity contribution in [3.05, 3.63) is 108 Å². The number of hydrogen-bond acceptors (Lipinski definition) is 4. The molecule has 4 aromatic rings. The van der Waals surface area contributed by atoms with Crippen molar-refractivity contribution in [1.29, 1.82) is 0 Å². The van der Waals surface area contributed by atoms with Crippen LogP contribution in [0.1, 0.15) is 75.8 Å². The summed E-state index contributed by atoms with van der Waals surface area (Å²) in [5.41, 5.74) is 15.9. The summed E-state index contributed by atoms with van der Waals surface area (Å²) in [7, 11) is 0. The fourth-order valence-corrected chi connectivity index (χ4v) is 7.44. The Morgan fingerprint density at radius 3 is 1.26 bits per heavy atom. The van der Waals surface area contributed by atoms with Crippen LogP contribution in [-0.2, 0) is 5.41 Å². The van der Waals surface area contributed by atoms with Gasteiger partial charge in [0.25, 0.3) is 0 Å². The molecular weight excluding hydrogens is 516 g/mol. The summed E-state index contributed by atoms with van der Waals surface area (Å²) in [6.45, 7) is 2.36.